The molecule has 0 radical (unpaired) electrons. The Bertz CT molecular complexity index is 974. The van der Waals surface area contributed by atoms with Crippen LogP contribution >= 0.6 is 0 Å². The Hall–Kier alpha value is -1.74. The number of hydrogen-bond donors (Lipinski definition) is 4. The number of carbonyl (C=O) groups excluding carboxylic acids is 1. The number of hydrogen-bond acceptors (Lipinski definition) is 5. The fourth-order valence-electron chi connectivity index (χ4n) is 5.72. The molecule has 0 saturated heterocycles. The first kappa shape index (κ1) is 47.3. The number of aliphatic hydroxyl groups excluding tert-OH is 2. The van der Waals surface area contributed by atoms with Crippen LogP contribution in [0.5, 0.6) is 0 Å². The third-order valence-corrected chi connectivity index (χ3v) is 9.59. The monoisotopic (exact) mass is 710 g/mol. The van der Waals surface area contributed by atoms with Gasteiger partial charge in [-0.3, -0.25) is 9.35 Å². The van der Waals surface area contributed by atoms with Gasteiger partial charge in [-0.25, -0.2) is 0 Å². The van der Waals surface area contributed by atoms with Gasteiger partial charge in [0.15, 0.2) is 0 Å². The lowest BCUT2D eigenvalue weighted by molar-refractivity contribution is -0.130. The van der Waals surface area contributed by atoms with Crippen molar-refractivity contribution in [3.63, 3.8) is 0 Å². The van der Waals surface area contributed by atoms with Gasteiger partial charge in [0, 0.05) is 0 Å². The summed E-state index contributed by atoms with van der Waals surface area (Å²) in [5.74, 6) is -1.59. The summed E-state index contributed by atoms with van der Waals surface area (Å²) in [6.45, 7) is 4.48. The van der Waals surface area contributed by atoms with Gasteiger partial charge in [-0.15, -0.1) is 0 Å². The van der Waals surface area contributed by atoms with E-state index in [0.29, 0.717) is 12.8 Å². The van der Waals surface area contributed by atoms with Crippen LogP contribution in [-0.4, -0.2) is 53.1 Å². The van der Waals surface area contributed by atoms with E-state index in [1.54, 1.807) is 6.08 Å². The van der Waals surface area contributed by atoms with Crippen molar-refractivity contribution in [1.82, 2.24) is 5.32 Å². The number of aliphatic hydroxyl groups is 2. The topological polar surface area (TPSA) is 124 Å². The zero-order valence-electron chi connectivity index (χ0n) is 31.4. The number of amides is 1. The largest absolute Gasteiger partial charge is 0.387 e. The smallest absolute Gasteiger partial charge is 0.267 e. The quantitative estimate of drug-likeness (QED) is 0.0295. The first-order chi connectivity index (χ1) is 23.7. The Labute approximate surface area is 302 Å². The summed E-state index contributed by atoms with van der Waals surface area (Å²) in [7, 11) is -4.46. The van der Waals surface area contributed by atoms with Gasteiger partial charge in [0.1, 0.15) is 6.10 Å². The molecule has 3 unspecified atom stereocenters. The van der Waals surface area contributed by atoms with E-state index in [1.807, 2.05) is 0 Å². The normalized spacial score (nSPS) is 14.5. The highest BCUT2D eigenvalue weighted by atomic mass is 32.2. The second kappa shape index (κ2) is 34.7. The fraction of sp³-hybridized carbons (Fsp3) is 0.780. The molecule has 1 amide bonds. The minimum absolute atomic E-state index is 0.239. The number of unbranched alkanes of at least 4 members (excludes halogenated alkanes) is 20. The molecule has 0 fully saturated rings. The summed E-state index contributed by atoms with van der Waals surface area (Å²) in [4.78, 5) is 12.5. The lowest BCUT2D eigenvalue weighted by atomic mass is 10.1. The predicted molar refractivity (Wildman–Crippen MR) is 208 cm³/mol. The maximum Gasteiger partial charge on any atom is 0.267 e. The first-order valence-corrected chi connectivity index (χ1v) is 21.6. The Kier molecular flexibility index (Phi) is 33.5. The third-order valence-electron chi connectivity index (χ3n) is 8.81. The molecule has 0 aliphatic carbocycles. The number of nitrogens with one attached hydrogen (secondary N) is 1. The van der Waals surface area contributed by atoms with E-state index >= 15 is 0 Å². The lowest BCUT2D eigenvalue weighted by Crippen LogP contribution is -2.50. The maximum absolute atomic E-state index is 12.5. The average Bonchev–Trinajstić information content (AvgIpc) is 3.06. The molecule has 0 aromatic carbocycles. The summed E-state index contributed by atoms with van der Waals surface area (Å²) >= 11 is 0. The molecular weight excluding hydrogens is 635 g/mol. The molecule has 0 aliphatic rings. The van der Waals surface area contributed by atoms with Crippen molar-refractivity contribution in [2.75, 3.05) is 5.75 Å². The van der Waals surface area contributed by atoms with Crippen LogP contribution in [0.15, 0.2) is 48.6 Å². The molecule has 0 spiro atoms. The van der Waals surface area contributed by atoms with Crippen molar-refractivity contribution in [2.45, 2.75) is 199 Å². The Balaban J connectivity index is 4.17. The molecule has 7 nitrogen and oxygen atoms in total. The van der Waals surface area contributed by atoms with Crippen molar-refractivity contribution < 1.29 is 28.0 Å². The van der Waals surface area contributed by atoms with Crippen LogP contribution in [0.2, 0.25) is 0 Å². The van der Waals surface area contributed by atoms with Crippen LogP contribution in [0.3, 0.4) is 0 Å². The van der Waals surface area contributed by atoms with Gasteiger partial charge in [-0.2, -0.15) is 8.42 Å². The summed E-state index contributed by atoms with van der Waals surface area (Å²) in [5.41, 5.74) is 0. The van der Waals surface area contributed by atoms with E-state index < -0.39 is 40.0 Å². The van der Waals surface area contributed by atoms with Gasteiger partial charge in [-0.05, 0) is 70.6 Å². The van der Waals surface area contributed by atoms with Crippen LogP contribution in [0.25, 0.3) is 0 Å². The van der Waals surface area contributed by atoms with Crippen molar-refractivity contribution in [1.29, 1.82) is 0 Å². The van der Waals surface area contributed by atoms with Crippen LogP contribution in [0.1, 0.15) is 181 Å². The second-order valence-corrected chi connectivity index (χ2v) is 15.2. The summed E-state index contributed by atoms with van der Waals surface area (Å²) < 4.78 is 32.4. The molecule has 0 rings (SSSR count). The van der Waals surface area contributed by atoms with Gasteiger partial charge in [0.05, 0.1) is 17.9 Å². The molecule has 4 N–H and O–H groups in total. The molecular formula is C41H75NO6S. The number of allylic oxidation sites excluding steroid dienone is 7. The highest BCUT2D eigenvalue weighted by molar-refractivity contribution is 7.85. The van der Waals surface area contributed by atoms with Crippen molar-refractivity contribution >= 4 is 16.0 Å². The van der Waals surface area contributed by atoms with Crippen molar-refractivity contribution in [2.24, 2.45) is 0 Å². The molecule has 3 atom stereocenters. The van der Waals surface area contributed by atoms with Crippen molar-refractivity contribution in [3.05, 3.63) is 48.6 Å². The summed E-state index contributed by atoms with van der Waals surface area (Å²) in [6, 6.07) is -1.26. The zero-order chi connectivity index (χ0) is 36.3. The predicted octanol–water partition coefficient (Wildman–Crippen LogP) is 10.5. The van der Waals surface area contributed by atoms with E-state index in [9.17, 15) is 28.0 Å². The number of carbonyl (C=O) groups is 1. The van der Waals surface area contributed by atoms with Gasteiger partial charge >= 0.3 is 0 Å². The van der Waals surface area contributed by atoms with E-state index in [-0.39, 0.29) is 6.42 Å². The van der Waals surface area contributed by atoms with Crippen LogP contribution in [-0.2, 0) is 14.9 Å². The van der Waals surface area contributed by atoms with Gasteiger partial charge in [-0.1, -0.05) is 159 Å². The summed E-state index contributed by atoms with van der Waals surface area (Å²) in [5, 5.41) is 23.3. The van der Waals surface area contributed by atoms with E-state index in [4.69, 9.17) is 0 Å². The molecule has 286 valence electrons. The molecule has 49 heavy (non-hydrogen) atoms. The Morgan fingerprint density at radius 1 is 0.551 bits per heavy atom. The van der Waals surface area contributed by atoms with Crippen LogP contribution in [0.4, 0.5) is 0 Å². The fourth-order valence-corrected chi connectivity index (χ4v) is 6.45. The summed E-state index contributed by atoms with van der Waals surface area (Å²) in [6.07, 6.45) is 43.2. The highest BCUT2D eigenvalue weighted by Crippen LogP contribution is 2.12. The van der Waals surface area contributed by atoms with E-state index in [1.165, 1.54) is 109 Å². The second-order valence-electron chi connectivity index (χ2n) is 13.7. The van der Waals surface area contributed by atoms with Crippen LogP contribution in [0, 0.1) is 0 Å². The maximum atomic E-state index is 12.5. The highest BCUT2D eigenvalue weighted by Gasteiger charge is 2.27. The Morgan fingerprint density at radius 2 is 0.918 bits per heavy atom. The molecule has 8 heteroatoms. The average molecular weight is 710 g/mol. The molecule has 0 bridgehead atoms. The molecule has 0 heterocycles. The molecule has 0 aromatic heterocycles. The van der Waals surface area contributed by atoms with Gasteiger partial charge < -0.3 is 15.5 Å². The Morgan fingerprint density at radius 3 is 1.35 bits per heavy atom. The van der Waals surface area contributed by atoms with Gasteiger partial charge in [0.25, 0.3) is 10.1 Å². The standard InChI is InChI=1S/C41H75NO6S/c1-3-5-7-9-11-13-15-17-18-19-20-21-22-23-24-26-27-29-31-33-35-39(43)38(37-49(46,47)48)42-41(45)40(44)36-34-32-30-28-25-16-14-12-10-8-6-4-2/h21-22,25-28,33,35,38-40,43-44H,3-20,23-24,29-32,34,36-37H2,1-2H3,(H,42,45)(H,46,47,48)/b22-21+,27-26+,28-25-,35-33+. The third kappa shape index (κ3) is 34.5. The minimum Gasteiger partial charge on any atom is -0.387 e. The first-order valence-electron chi connectivity index (χ1n) is 19.9. The van der Waals surface area contributed by atoms with Crippen LogP contribution < -0.4 is 5.32 Å². The molecule has 0 saturated carbocycles. The van der Waals surface area contributed by atoms with Crippen molar-refractivity contribution in [3.8, 4) is 0 Å². The SMILES string of the molecule is CCCCCCCC/C=C\CCCCC(O)C(=O)NC(CS(=O)(=O)O)C(O)/C=C/CC/C=C/CC/C=C/CCCCCCCCCCCC. The van der Waals surface area contributed by atoms with E-state index in [2.05, 4.69) is 55.6 Å². The zero-order valence-corrected chi connectivity index (χ0v) is 32.2. The van der Waals surface area contributed by atoms with E-state index in [0.717, 1.165) is 44.9 Å². The van der Waals surface area contributed by atoms with Gasteiger partial charge in [0.2, 0.25) is 5.91 Å². The minimum atomic E-state index is -4.46. The lowest BCUT2D eigenvalue weighted by Gasteiger charge is -2.22. The number of rotatable bonds is 35. The molecule has 0 aliphatic heterocycles. The molecule has 0 aromatic rings.